The van der Waals surface area contributed by atoms with Crippen molar-refractivity contribution in [2.24, 2.45) is 0 Å². The van der Waals surface area contributed by atoms with Crippen LogP contribution < -0.4 is 21.2 Å². The van der Waals surface area contributed by atoms with Crippen LogP contribution >= 0.6 is 15.8 Å². The fourth-order valence-electron chi connectivity index (χ4n) is 5.26. The first kappa shape index (κ1) is 36.7. The number of alkyl halides is 12. The summed E-state index contributed by atoms with van der Waals surface area (Å²) in [5.74, 6) is 0. The SMILES string of the molecule is C[C@H](C[C@@H](C)P(c1ccc(C(F)(F)F)cc1)c1ccc(C(F)(F)F)cc1)P(c1ccc(C(F)(F)F)cc1)c1ccc(C(F)(F)F)cc1. The molecule has 0 saturated carbocycles. The zero-order chi connectivity index (χ0) is 34.9. The van der Waals surface area contributed by atoms with Crippen molar-refractivity contribution in [3.8, 4) is 0 Å². The third-order valence-electron chi connectivity index (χ3n) is 7.45. The van der Waals surface area contributed by atoms with Crippen LogP contribution in [0.1, 0.15) is 42.5 Å². The molecule has 4 rings (SSSR count). The Morgan fingerprint density at radius 1 is 0.362 bits per heavy atom. The van der Waals surface area contributed by atoms with Crippen molar-refractivity contribution in [1.82, 2.24) is 0 Å². The second-order valence-corrected chi connectivity index (χ2v) is 16.2. The first-order chi connectivity index (χ1) is 21.7. The van der Waals surface area contributed by atoms with Crippen LogP contribution in [0, 0.1) is 0 Å². The Kier molecular flexibility index (Phi) is 10.8. The number of hydrogen-bond donors (Lipinski definition) is 0. The molecule has 4 aromatic rings. The topological polar surface area (TPSA) is 0 Å². The maximum Gasteiger partial charge on any atom is 0.416 e. The second-order valence-electron chi connectivity index (χ2n) is 10.9. The molecular weight excluding hydrogens is 686 g/mol. The van der Waals surface area contributed by atoms with Gasteiger partial charge in [-0.3, -0.25) is 0 Å². The smallest absolute Gasteiger partial charge is 0.166 e. The predicted octanol–water partition coefficient (Wildman–Crippen LogP) is 10.5. The normalized spacial score (nSPS) is 14.5. The summed E-state index contributed by atoms with van der Waals surface area (Å²) < 4.78 is 160. The lowest BCUT2D eigenvalue weighted by molar-refractivity contribution is -0.138. The highest BCUT2D eigenvalue weighted by Gasteiger charge is 2.35. The summed E-state index contributed by atoms with van der Waals surface area (Å²) in [7, 11) is -3.13. The Balaban J connectivity index is 1.74. The molecule has 0 fully saturated rings. The van der Waals surface area contributed by atoms with E-state index in [0.717, 1.165) is 48.5 Å². The molecule has 0 aromatic heterocycles. The van der Waals surface area contributed by atoms with Crippen LogP contribution in [-0.4, -0.2) is 11.3 Å². The molecule has 2 atom stereocenters. The molecule has 14 heteroatoms. The highest BCUT2D eigenvalue weighted by molar-refractivity contribution is 7.74. The van der Waals surface area contributed by atoms with E-state index in [9.17, 15) is 52.7 Å². The molecule has 0 radical (unpaired) electrons. The minimum absolute atomic E-state index is 0.293. The minimum atomic E-state index is -4.62. The molecule has 0 saturated heterocycles. The average Bonchev–Trinajstić information content (AvgIpc) is 2.97. The van der Waals surface area contributed by atoms with Crippen molar-refractivity contribution < 1.29 is 52.7 Å². The summed E-state index contributed by atoms with van der Waals surface area (Å²) in [6, 6.07) is 17.4. The van der Waals surface area contributed by atoms with E-state index < -0.39 is 62.8 Å². The van der Waals surface area contributed by atoms with E-state index in [1.165, 1.54) is 48.5 Å². The zero-order valence-corrected chi connectivity index (χ0v) is 26.3. The Hall–Kier alpha value is -3.10. The molecule has 4 aromatic carbocycles. The van der Waals surface area contributed by atoms with Crippen molar-refractivity contribution in [2.45, 2.75) is 56.3 Å². The van der Waals surface area contributed by atoms with Crippen LogP contribution in [0.3, 0.4) is 0 Å². The highest BCUT2D eigenvalue weighted by Crippen LogP contribution is 2.49. The summed E-state index contributed by atoms with van der Waals surface area (Å²) >= 11 is 0. The van der Waals surface area contributed by atoms with Crippen molar-refractivity contribution in [3.05, 3.63) is 119 Å². The molecule has 0 aliphatic rings. The van der Waals surface area contributed by atoms with Gasteiger partial charge in [-0.2, -0.15) is 52.7 Å². The first-order valence-corrected chi connectivity index (χ1v) is 16.8. The van der Waals surface area contributed by atoms with Gasteiger partial charge in [0.15, 0.2) is 0 Å². The standard InChI is InChI=1S/C33H26F12P2/c1-20(46(26-11-3-22(4-12-26)30(34,35)36)27-13-5-23(6-14-27)31(37,38)39)19-21(2)47(28-15-7-24(8-16-28)32(40,41)42)29-17-9-25(10-18-29)33(43,44)45/h3-18,20-21H,19H2,1-2H3/t20-,21-/m1/s1. The number of hydrogen-bond acceptors (Lipinski definition) is 0. The lowest BCUT2D eigenvalue weighted by atomic mass is 10.2. The van der Waals surface area contributed by atoms with Gasteiger partial charge in [-0.25, -0.2) is 0 Å². The average molecular weight is 712 g/mol. The Bertz CT molecular complexity index is 1360. The van der Waals surface area contributed by atoms with Gasteiger partial charge in [0.2, 0.25) is 0 Å². The summed E-state index contributed by atoms with van der Waals surface area (Å²) in [6.45, 7) is 3.56. The van der Waals surface area contributed by atoms with E-state index in [0.29, 0.717) is 27.6 Å². The van der Waals surface area contributed by atoms with Gasteiger partial charge in [0.05, 0.1) is 22.3 Å². The van der Waals surface area contributed by atoms with Gasteiger partial charge in [0, 0.05) is 0 Å². The third kappa shape index (κ3) is 9.08. The van der Waals surface area contributed by atoms with Crippen LogP contribution in [0.5, 0.6) is 0 Å². The Labute approximate surface area is 265 Å². The third-order valence-corrected chi connectivity index (χ3v) is 13.1. The lowest BCUT2D eigenvalue weighted by Crippen LogP contribution is -2.27. The fourth-order valence-corrected chi connectivity index (χ4v) is 11.0. The summed E-state index contributed by atoms with van der Waals surface area (Å²) in [6.07, 6.45) is -18.2. The summed E-state index contributed by atoms with van der Waals surface area (Å²) in [5.41, 5.74) is -4.39. The van der Waals surface area contributed by atoms with Crippen molar-refractivity contribution in [3.63, 3.8) is 0 Å². The van der Waals surface area contributed by atoms with Crippen molar-refractivity contribution in [1.29, 1.82) is 0 Å². The molecule has 0 nitrogen and oxygen atoms in total. The van der Waals surface area contributed by atoms with Crippen LogP contribution in [-0.2, 0) is 24.7 Å². The predicted molar refractivity (Wildman–Crippen MR) is 162 cm³/mol. The van der Waals surface area contributed by atoms with Crippen molar-refractivity contribution >= 4 is 37.1 Å². The molecule has 47 heavy (non-hydrogen) atoms. The molecule has 0 heterocycles. The van der Waals surface area contributed by atoms with Gasteiger partial charge in [-0.05, 0) is 103 Å². The maximum absolute atomic E-state index is 13.3. The van der Waals surface area contributed by atoms with E-state index >= 15 is 0 Å². The van der Waals surface area contributed by atoms with Crippen molar-refractivity contribution in [2.75, 3.05) is 0 Å². The van der Waals surface area contributed by atoms with Gasteiger partial charge in [0.25, 0.3) is 0 Å². The van der Waals surface area contributed by atoms with E-state index in [2.05, 4.69) is 0 Å². The van der Waals surface area contributed by atoms with Crippen LogP contribution in [0.4, 0.5) is 52.7 Å². The van der Waals surface area contributed by atoms with E-state index in [4.69, 9.17) is 0 Å². The monoisotopic (exact) mass is 712 g/mol. The van der Waals surface area contributed by atoms with E-state index in [1.807, 2.05) is 0 Å². The molecule has 0 amide bonds. The molecule has 0 aliphatic heterocycles. The van der Waals surface area contributed by atoms with Gasteiger partial charge in [0.1, 0.15) is 0 Å². The Morgan fingerprint density at radius 3 is 0.681 bits per heavy atom. The van der Waals surface area contributed by atoms with Gasteiger partial charge in [-0.1, -0.05) is 62.4 Å². The molecular formula is C33H26F12P2. The molecule has 0 bridgehead atoms. The van der Waals surface area contributed by atoms with Gasteiger partial charge < -0.3 is 0 Å². The van der Waals surface area contributed by atoms with Crippen LogP contribution in [0.15, 0.2) is 97.1 Å². The quantitative estimate of drug-likeness (QED) is 0.126. The molecule has 0 unspecified atom stereocenters. The maximum atomic E-state index is 13.3. The zero-order valence-electron chi connectivity index (χ0n) is 24.5. The molecule has 252 valence electrons. The molecule has 0 aliphatic carbocycles. The fraction of sp³-hybridized carbons (Fsp3) is 0.273. The van der Waals surface area contributed by atoms with Crippen LogP contribution in [0.25, 0.3) is 0 Å². The summed E-state index contributed by atoms with van der Waals surface area (Å²) in [4.78, 5) is 0. The number of halogens is 12. The Morgan fingerprint density at radius 2 is 0.532 bits per heavy atom. The lowest BCUT2D eigenvalue weighted by Gasteiger charge is -2.32. The summed E-state index contributed by atoms with van der Waals surface area (Å²) in [5, 5.41) is 1.84. The van der Waals surface area contributed by atoms with E-state index in [-0.39, 0.29) is 11.3 Å². The second kappa shape index (κ2) is 13.8. The minimum Gasteiger partial charge on any atom is -0.166 e. The number of benzene rings is 4. The largest absolute Gasteiger partial charge is 0.416 e. The molecule has 0 spiro atoms. The van der Waals surface area contributed by atoms with E-state index in [1.54, 1.807) is 13.8 Å². The number of rotatable bonds is 8. The molecule has 0 N–H and O–H groups in total. The first-order valence-electron chi connectivity index (χ1n) is 13.9. The highest BCUT2D eigenvalue weighted by atomic mass is 31.1. The van der Waals surface area contributed by atoms with Gasteiger partial charge >= 0.3 is 24.7 Å². The van der Waals surface area contributed by atoms with Crippen LogP contribution in [0.2, 0.25) is 0 Å². The van der Waals surface area contributed by atoms with Gasteiger partial charge in [-0.15, -0.1) is 0 Å².